The van der Waals surface area contributed by atoms with Crippen LogP contribution in [0, 0.1) is 13.7 Å². The van der Waals surface area contributed by atoms with Crippen molar-refractivity contribution >= 4 is 28.3 Å². The Hall–Kier alpha value is -1.09. The van der Waals surface area contributed by atoms with Crippen LogP contribution in [-0.2, 0) is 0 Å². The zero-order chi connectivity index (χ0) is 15.1. The van der Waals surface area contributed by atoms with E-state index in [1.807, 2.05) is 22.6 Å². The topological polar surface area (TPSA) is 64.8 Å². The molecule has 0 aliphatic heterocycles. The van der Waals surface area contributed by atoms with Gasteiger partial charge in [0, 0.05) is 18.7 Å². The first-order valence-electron chi connectivity index (χ1n) is 6.40. The summed E-state index contributed by atoms with van der Waals surface area (Å²) < 4.78 is 11.4. The van der Waals surface area contributed by atoms with E-state index in [0.29, 0.717) is 15.9 Å². The van der Waals surface area contributed by atoms with Gasteiger partial charge in [0.2, 0.25) is 5.75 Å². The quantitative estimate of drug-likeness (QED) is 0.386. The van der Waals surface area contributed by atoms with Gasteiger partial charge in [-0.2, -0.15) is 0 Å². The van der Waals surface area contributed by atoms with E-state index in [2.05, 4.69) is 18.7 Å². The first kappa shape index (κ1) is 17.0. The zero-order valence-corrected chi connectivity index (χ0v) is 14.0. The van der Waals surface area contributed by atoms with E-state index in [0.717, 1.165) is 19.6 Å². The molecule has 0 saturated carbocycles. The lowest BCUT2D eigenvalue weighted by Crippen LogP contribution is -2.28. The molecule has 0 radical (unpaired) electrons. The fourth-order valence-corrected chi connectivity index (χ4v) is 2.43. The van der Waals surface area contributed by atoms with E-state index in [1.54, 1.807) is 6.07 Å². The largest absolute Gasteiger partial charge is 0.495 e. The number of likely N-dealkylation sites (N-methyl/N-ethyl adjacent to an activating group) is 1. The Labute approximate surface area is 132 Å². The fraction of sp³-hybridized carbons (Fsp3) is 0.538. The average molecular weight is 394 g/mol. The van der Waals surface area contributed by atoms with E-state index < -0.39 is 4.92 Å². The number of ether oxygens (including phenoxy) is 2. The lowest BCUT2D eigenvalue weighted by atomic mass is 10.3. The highest BCUT2D eigenvalue weighted by Crippen LogP contribution is 2.35. The molecule has 20 heavy (non-hydrogen) atoms. The van der Waals surface area contributed by atoms with Crippen molar-refractivity contribution in [2.24, 2.45) is 0 Å². The van der Waals surface area contributed by atoms with Crippen LogP contribution in [0.2, 0.25) is 0 Å². The number of nitro groups is 1. The monoisotopic (exact) mass is 394 g/mol. The van der Waals surface area contributed by atoms with Gasteiger partial charge >= 0.3 is 5.69 Å². The van der Waals surface area contributed by atoms with E-state index >= 15 is 0 Å². The first-order valence-corrected chi connectivity index (χ1v) is 7.48. The Morgan fingerprint density at radius 1 is 1.30 bits per heavy atom. The summed E-state index contributed by atoms with van der Waals surface area (Å²) >= 11 is 2.00. The Morgan fingerprint density at radius 2 is 1.95 bits per heavy atom. The maximum Gasteiger partial charge on any atom is 0.312 e. The van der Waals surface area contributed by atoms with Crippen molar-refractivity contribution < 1.29 is 14.4 Å². The summed E-state index contributed by atoms with van der Waals surface area (Å²) in [5, 5.41) is 11.1. The van der Waals surface area contributed by atoms with Gasteiger partial charge in [-0.25, -0.2) is 0 Å². The van der Waals surface area contributed by atoms with Crippen molar-refractivity contribution in [3.8, 4) is 11.5 Å². The molecule has 0 bridgehead atoms. The first-order chi connectivity index (χ1) is 9.53. The second-order valence-electron chi connectivity index (χ2n) is 4.09. The molecule has 6 nitrogen and oxygen atoms in total. The van der Waals surface area contributed by atoms with Gasteiger partial charge < -0.3 is 14.4 Å². The maximum absolute atomic E-state index is 11.1. The Balaban J connectivity index is 2.84. The van der Waals surface area contributed by atoms with Gasteiger partial charge in [0.25, 0.3) is 0 Å². The fourth-order valence-electron chi connectivity index (χ4n) is 1.76. The molecule has 112 valence electrons. The van der Waals surface area contributed by atoms with Crippen molar-refractivity contribution in [2.45, 2.75) is 13.8 Å². The summed E-state index contributed by atoms with van der Waals surface area (Å²) in [4.78, 5) is 12.8. The summed E-state index contributed by atoms with van der Waals surface area (Å²) in [7, 11) is 1.53. The molecule has 0 aliphatic carbocycles. The normalized spacial score (nSPS) is 10.7. The predicted octanol–water partition coefficient (Wildman–Crippen LogP) is 2.93. The number of hydrogen-bond donors (Lipinski definition) is 0. The third-order valence-electron chi connectivity index (χ3n) is 2.99. The molecule has 0 fully saturated rings. The summed E-state index contributed by atoms with van der Waals surface area (Å²) in [6.45, 7) is 7.14. The van der Waals surface area contributed by atoms with Gasteiger partial charge in [0.1, 0.15) is 12.4 Å². The van der Waals surface area contributed by atoms with Crippen LogP contribution in [0.25, 0.3) is 0 Å². The molecular weight excluding hydrogens is 375 g/mol. The van der Waals surface area contributed by atoms with Crippen LogP contribution in [-0.4, -0.2) is 43.2 Å². The average Bonchev–Trinajstić information content (AvgIpc) is 2.44. The molecule has 7 heteroatoms. The Bertz CT molecular complexity index is 464. The molecule has 0 aliphatic rings. The highest BCUT2D eigenvalue weighted by Gasteiger charge is 2.19. The Morgan fingerprint density at radius 3 is 2.45 bits per heavy atom. The number of halogens is 1. The number of nitrogens with zero attached hydrogens (tertiary/aromatic N) is 2. The summed E-state index contributed by atoms with van der Waals surface area (Å²) in [6, 6.07) is 3.04. The highest BCUT2D eigenvalue weighted by molar-refractivity contribution is 14.1. The zero-order valence-electron chi connectivity index (χ0n) is 11.9. The molecule has 1 aromatic carbocycles. The number of nitro benzene ring substituents is 1. The SMILES string of the molecule is CCN(CC)CCOc1cc(OC)c(I)cc1[N+](=O)[O-]. The minimum atomic E-state index is -0.436. The summed E-state index contributed by atoms with van der Waals surface area (Å²) in [5.41, 5.74) is -0.0326. The van der Waals surface area contributed by atoms with Crippen molar-refractivity contribution in [1.29, 1.82) is 0 Å². The van der Waals surface area contributed by atoms with Crippen LogP contribution in [0.15, 0.2) is 12.1 Å². The van der Waals surface area contributed by atoms with Crippen molar-refractivity contribution in [3.05, 3.63) is 25.8 Å². The Kier molecular flexibility index (Phi) is 7.00. The van der Waals surface area contributed by atoms with Gasteiger partial charge in [-0.05, 0) is 35.7 Å². The van der Waals surface area contributed by atoms with Gasteiger partial charge in [-0.15, -0.1) is 0 Å². The summed E-state index contributed by atoms with van der Waals surface area (Å²) in [6.07, 6.45) is 0. The van der Waals surface area contributed by atoms with Crippen LogP contribution in [0.1, 0.15) is 13.8 Å². The molecule has 0 aromatic heterocycles. The molecule has 1 rings (SSSR count). The highest BCUT2D eigenvalue weighted by atomic mass is 127. The lowest BCUT2D eigenvalue weighted by Gasteiger charge is -2.18. The second kappa shape index (κ2) is 8.25. The smallest absolute Gasteiger partial charge is 0.312 e. The summed E-state index contributed by atoms with van der Waals surface area (Å²) in [5.74, 6) is 0.827. The number of methoxy groups -OCH3 is 1. The minimum absolute atomic E-state index is 0.0326. The van der Waals surface area contributed by atoms with Gasteiger partial charge in [-0.3, -0.25) is 10.1 Å². The molecule has 0 unspecified atom stereocenters. The standard InChI is InChI=1S/C13H19IN2O4/c1-4-15(5-2)6-7-20-13-9-12(19-3)10(14)8-11(13)16(17)18/h8-9H,4-7H2,1-3H3. The lowest BCUT2D eigenvalue weighted by molar-refractivity contribution is -0.386. The molecule has 0 spiro atoms. The van der Waals surface area contributed by atoms with E-state index in [1.165, 1.54) is 13.2 Å². The van der Waals surface area contributed by atoms with Crippen molar-refractivity contribution in [1.82, 2.24) is 4.90 Å². The molecular formula is C13H19IN2O4. The second-order valence-corrected chi connectivity index (χ2v) is 5.25. The van der Waals surface area contributed by atoms with E-state index in [4.69, 9.17) is 9.47 Å². The molecule has 0 saturated heterocycles. The van der Waals surface area contributed by atoms with Crippen molar-refractivity contribution in [3.63, 3.8) is 0 Å². The maximum atomic E-state index is 11.1. The molecule has 1 aromatic rings. The van der Waals surface area contributed by atoms with Crippen LogP contribution in [0.5, 0.6) is 11.5 Å². The van der Waals surface area contributed by atoms with E-state index in [-0.39, 0.29) is 11.4 Å². The predicted molar refractivity (Wildman–Crippen MR) is 85.6 cm³/mol. The van der Waals surface area contributed by atoms with Crippen LogP contribution < -0.4 is 9.47 Å². The third-order valence-corrected chi connectivity index (χ3v) is 3.83. The van der Waals surface area contributed by atoms with Crippen molar-refractivity contribution in [2.75, 3.05) is 33.4 Å². The van der Waals surface area contributed by atoms with Crippen LogP contribution in [0.3, 0.4) is 0 Å². The minimum Gasteiger partial charge on any atom is -0.495 e. The third kappa shape index (κ3) is 4.48. The molecule has 0 amide bonds. The van der Waals surface area contributed by atoms with Gasteiger partial charge in [-0.1, -0.05) is 13.8 Å². The number of hydrogen-bond acceptors (Lipinski definition) is 5. The molecule has 0 atom stereocenters. The van der Waals surface area contributed by atoms with Crippen LogP contribution in [0.4, 0.5) is 5.69 Å². The van der Waals surface area contributed by atoms with E-state index in [9.17, 15) is 10.1 Å². The molecule has 0 N–H and O–H groups in total. The number of rotatable bonds is 8. The van der Waals surface area contributed by atoms with Crippen LogP contribution >= 0.6 is 22.6 Å². The number of benzene rings is 1. The molecule has 0 heterocycles. The van der Waals surface area contributed by atoms with Gasteiger partial charge in [0.05, 0.1) is 15.6 Å². The van der Waals surface area contributed by atoms with Gasteiger partial charge in [0.15, 0.2) is 0 Å².